The lowest BCUT2D eigenvalue weighted by atomic mass is 9.93. The topological polar surface area (TPSA) is 75.9 Å². The van der Waals surface area contributed by atoms with E-state index < -0.39 is 0 Å². The number of hydrazine groups is 1. The van der Waals surface area contributed by atoms with Crippen molar-refractivity contribution in [2.75, 3.05) is 10.7 Å². The van der Waals surface area contributed by atoms with Crippen LogP contribution >= 0.6 is 0 Å². The van der Waals surface area contributed by atoms with Gasteiger partial charge in [-0.2, -0.15) is 0 Å². The summed E-state index contributed by atoms with van der Waals surface area (Å²) in [6, 6.07) is 0.578. The van der Waals surface area contributed by atoms with Gasteiger partial charge in [0.2, 0.25) is 0 Å². The van der Waals surface area contributed by atoms with E-state index in [1.807, 2.05) is 6.92 Å². The minimum absolute atomic E-state index is 0.578. The van der Waals surface area contributed by atoms with Gasteiger partial charge in [-0.05, 0) is 26.2 Å². The van der Waals surface area contributed by atoms with Crippen LogP contribution in [0.3, 0.4) is 0 Å². The monoisotopic (exact) mass is 193 g/mol. The Hall–Kier alpha value is -1.36. The van der Waals surface area contributed by atoms with Crippen molar-refractivity contribution < 1.29 is 0 Å². The van der Waals surface area contributed by atoms with Crippen LogP contribution in [-0.4, -0.2) is 16.0 Å². The van der Waals surface area contributed by atoms with Crippen LogP contribution in [0.15, 0.2) is 6.33 Å². The van der Waals surface area contributed by atoms with Crippen LogP contribution in [0, 0.1) is 6.92 Å². The maximum Gasteiger partial charge on any atom is 0.148 e. The Labute approximate surface area is 83.1 Å². The maximum atomic E-state index is 5.33. The lowest BCUT2D eigenvalue weighted by Crippen LogP contribution is -2.28. The Morgan fingerprint density at radius 3 is 2.64 bits per heavy atom. The normalized spacial score (nSPS) is 16.1. The van der Waals surface area contributed by atoms with E-state index in [-0.39, 0.29) is 0 Å². The van der Waals surface area contributed by atoms with E-state index >= 15 is 0 Å². The van der Waals surface area contributed by atoms with Gasteiger partial charge in [0.1, 0.15) is 18.0 Å². The molecule has 0 amide bonds. The molecule has 0 atom stereocenters. The van der Waals surface area contributed by atoms with Crippen molar-refractivity contribution in [3.63, 3.8) is 0 Å². The molecule has 2 rings (SSSR count). The van der Waals surface area contributed by atoms with E-state index in [0.717, 1.165) is 11.4 Å². The van der Waals surface area contributed by atoms with Crippen molar-refractivity contribution in [1.82, 2.24) is 9.97 Å². The second-order valence-electron chi connectivity index (χ2n) is 3.61. The molecule has 1 aliphatic rings. The first-order chi connectivity index (χ1) is 6.81. The molecule has 1 aromatic rings. The summed E-state index contributed by atoms with van der Waals surface area (Å²) in [4.78, 5) is 8.21. The molecule has 1 aliphatic carbocycles. The van der Waals surface area contributed by atoms with Gasteiger partial charge in [-0.25, -0.2) is 15.8 Å². The van der Waals surface area contributed by atoms with Gasteiger partial charge in [0.15, 0.2) is 0 Å². The van der Waals surface area contributed by atoms with Crippen LogP contribution in [0.5, 0.6) is 0 Å². The lowest BCUT2D eigenvalue weighted by molar-refractivity contribution is 0.444. The first-order valence-corrected chi connectivity index (χ1v) is 4.86. The number of nitrogen functional groups attached to an aromatic ring is 1. The second-order valence-corrected chi connectivity index (χ2v) is 3.61. The Bertz CT molecular complexity index is 321. The summed E-state index contributed by atoms with van der Waals surface area (Å²) in [5, 5.41) is 3.37. The molecule has 1 heterocycles. The van der Waals surface area contributed by atoms with Crippen molar-refractivity contribution in [2.45, 2.75) is 32.2 Å². The van der Waals surface area contributed by atoms with Crippen LogP contribution in [0.2, 0.25) is 0 Å². The zero-order valence-corrected chi connectivity index (χ0v) is 8.25. The highest BCUT2D eigenvalue weighted by molar-refractivity contribution is 5.56. The van der Waals surface area contributed by atoms with Crippen LogP contribution in [0.25, 0.3) is 0 Å². The first kappa shape index (κ1) is 9.21. The van der Waals surface area contributed by atoms with Gasteiger partial charge in [-0.15, -0.1) is 0 Å². The van der Waals surface area contributed by atoms with E-state index in [0.29, 0.717) is 11.9 Å². The number of hydrogen-bond donors (Lipinski definition) is 3. The summed E-state index contributed by atoms with van der Waals surface area (Å²) in [6.45, 7) is 1.95. The standard InChI is InChI=1S/C9H15N5/c1-6-8(13-7-3-2-4-7)11-5-12-9(6)14-10/h5,7H,2-4,10H2,1H3,(H2,11,12,13,14). The fourth-order valence-corrected chi connectivity index (χ4v) is 1.49. The number of rotatable bonds is 3. The van der Waals surface area contributed by atoms with Gasteiger partial charge in [-0.1, -0.05) is 0 Å². The Balaban J connectivity index is 2.15. The summed E-state index contributed by atoms with van der Waals surface area (Å²) in [5.74, 6) is 6.90. The molecule has 0 saturated heterocycles. The van der Waals surface area contributed by atoms with Gasteiger partial charge in [0.05, 0.1) is 0 Å². The summed E-state index contributed by atoms with van der Waals surface area (Å²) >= 11 is 0. The second kappa shape index (κ2) is 3.79. The molecule has 0 radical (unpaired) electrons. The molecule has 0 spiro atoms. The number of hydrogen-bond acceptors (Lipinski definition) is 5. The molecule has 1 fully saturated rings. The van der Waals surface area contributed by atoms with E-state index in [4.69, 9.17) is 5.84 Å². The van der Waals surface area contributed by atoms with Gasteiger partial charge in [0, 0.05) is 11.6 Å². The molecular weight excluding hydrogens is 178 g/mol. The molecule has 76 valence electrons. The van der Waals surface area contributed by atoms with Crippen LogP contribution in [0.1, 0.15) is 24.8 Å². The van der Waals surface area contributed by atoms with Crippen LogP contribution in [0.4, 0.5) is 11.6 Å². The minimum Gasteiger partial charge on any atom is -0.367 e. The zero-order valence-electron chi connectivity index (χ0n) is 8.25. The summed E-state index contributed by atoms with van der Waals surface area (Å²) in [5.41, 5.74) is 3.53. The highest BCUT2D eigenvalue weighted by Gasteiger charge is 2.18. The van der Waals surface area contributed by atoms with Gasteiger partial charge in [0.25, 0.3) is 0 Å². The fraction of sp³-hybridized carbons (Fsp3) is 0.556. The van der Waals surface area contributed by atoms with Crippen LogP contribution < -0.4 is 16.6 Å². The molecule has 0 bridgehead atoms. The Morgan fingerprint density at radius 2 is 2.07 bits per heavy atom. The molecule has 5 heteroatoms. The van der Waals surface area contributed by atoms with Crippen LogP contribution in [-0.2, 0) is 0 Å². The summed E-state index contributed by atoms with van der Waals surface area (Å²) < 4.78 is 0. The van der Waals surface area contributed by atoms with Gasteiger partial charge in [-0.3, -0.25) is 0 Å². The number of nitrogens with zero attached hydrogens (tertiary/aromatic N) is 2. The number of aromatic nitrogens is 2. The van der Waals surface area contributed by atoms with Crippen molar-refractivity contribution in [1.29, 1.82) is 0 Å². The number of nitrogens with two attached hydrogens (primary N) is 1. The molecule has 0 aliphatic heterocycles. The van der Waals surface area contributed by atoms with E-state index in [1.54, 1.807) is 0 Å². The third-order valence-electron chi connectivity index (χ3n) is 2.67. The predicted molar refractivity (Wildman–Crippen MR) is 55.8 cm³/mol. The Morgan fingerprint density at radius 1 is 1.36 bits per heavy atom. The lowest BCUT2D eigenvalue weighted by Gasteiger charge is -2.27. The van der Waals surface area contributed by atoms with Gasteiger partial charge < -0.3 is 10.7 Å². The smallest absolute Gasteiger partial charge is 0.148 e. The summed E-state index contributed by atoms with van der Waals surface area (Å²) in [7, 11) is 0. The quantitative estimate of drug-likeness (QED) is 0.494. The van der Waals surface area contributed by atoms with Crippen molar-refractivity contribution in [3.8, 4) is 0 Å². The predicted octanol–water partition coefficient (Wildman–Crippen LogP) is 1.04. The molecular formula is C9H15N5. The van der Waals surface area contributed by atoms with E-state index in [1.165, 1.54) is 25.6 Å². The molecule has 0 unspecified atom stereocenters. The van der Waals surface area contributed by atoms with Crippen molar-refractivity contribution in [3.05, 3.63) is 11.9 Å². The number of anilines is 2. The molecule has 0 aromatic carbocycles. The highest BCUT2D eigenvalue weighted by atomic mass is 15.3. The first-order valence-electron chi connectivity index (χ1n) is 4.86. The zero-order chi connectivity index (χ0) is 9.97. The van der Waals surface area contributed by atoms with Crippen molar-refractivity contribution in [2.24, 2.45) is 5.84 Å². The fourth-order valence-electron chi connectivity index (χ4n) is 1.49. The highest BCUT2D eigenvalue weighted by Crippen LogP contribution is 2.25. The maximum absolute atomic E-state index is 5.33. The molecule has 5 nitrogen and oxygen atoms in total. The van der Waals surface area contributed by atoms with E-state index in [2.05, 4.69) is 20.7 Å². The Kier molecular flexibility index (Phi) is 2.49. The minimum atomic E-state index is 0.578. The molecule has 1 aromatic heterocycles. The molecule has 1 saturated carbocycles. The average Bonchev–Trinajstić information content (AvgIpc) is 2.13. The third-order valence-corrected chi connectivity index (χ3v) is 2.67. The third kappa shape index (κ3) is 1.63. The van der Waals surface area contributed by atoms with E-state index in [9.17, 15) is 0 Å². The largest absolute Gasteiger partial charge is 0.367 e. The molecule has 14 heavy (non-hydrogen) atoms. The summed E-state index contributed by atoms with van der Waals surface area (Å²) in [6.07, 6.45) is 5.29. The van der Waals surface area contributed by atoms with Crippen molar-refractivity contribution >= 4 is 11.6 Å². The number of nitrogens with one attached hydrogen (secondary N) is 2. The SMILES string of the molecule is Cc1c(NN)ncnc1NC1CCC1. The molecule has 4 N–H and O–H groups in total. The average molecular weight is 193 g/mol. The van der Waals surface area contributed by atoms with Gasteiger partial charge >= 0.3 is 0 Å².